The van der Waals surface area contributed by atoms with Gasteiger partial charge in [-0.15, -0.1) is 0 Å². The van der Waals surface area contributed by atoms with Gasteiger partial charge in [-0.2, -0.15) is 0 Å². The number of benzene rings is 2. The van der Waals surface area contributed by atoms with Crippen molar-refractivity contribution in [2.75, 3.05) is 18.1 Å². The fourth-order valence-electron chi connectivity index (χ4n) is 4.57. The number of amides is 1. The van der Waals surface area contributed by atoms with E-state index in [2.05, 4.69) is 18.8 Å². The lowest BCUT2D eigenvalue weighted by Crippen LogP contribution is -2.29. The average molecular weight is 519 g/mol. The van der Waals surface area contributed by atoms with Crippen LogP contribution in [0.25, 0.3) is 5.76 Å². The summed E-state index contributed by atoms with van der Waals surface area (Å²) in [6.07, 6.45) is 0. The molecule has 1 saturated heterocycles. The van der Waals surface area contributed by atoms with Crippen molar-refractivity contribution < 1.29 is 29.0 Å². The summed E-state index contributed by atoms with van der Waals surface area (Å²) < 4.78 is 11.2. The Bertz CT molecular complexity index is 1450. The summed E-state index contributed by atoms with van der Waals surface area (Å²) in [5.41, 5.74) is 2.48. The fourth-order valence-corrected chi connectivity index (χ4v) is 5.56. The van der Waals surface area contributed by atoms with Gasteiger partial charge in [0, 0.05) is 12.5 Å². The van der Waals surface area contributed by atoms with Crippen LogP contribution in [-0.4, -0.2) is 40.8 Å². The zero-order valence-electron chi connectivity index (χ0n) is 20.9. The lowest BCUT2D eigenvalue weighted by molar-refractivity contribution is -0.132. The second-order valence-electron chi connectivity index (χ2n) is 9.32. The van der Waals surface area contributed by atoms with Gasteiger partial charge in [-0.25, -0.2) is 4.98 Å². The van der Waals surface area contributed by atoms with E-state index in [4.69, 9.17) is 9.47 Å². The van der Waals surface area contributed by atoms with Crippen LogP contribution in [0.1, 0.15) is 64.8 Å². The number of aromatic nitrogens is 1. The van der Waals surface area contributed by atoms with E-state index in [1.54, 1.807) is 25.1 Å². The van der Waals surface area contributed by atoms with Crippen LogP contribution in [0, 0.1) is 6.92 Å². The smallest absolute Gasteiger partial charge is 0.301 e. The third-order valence-electron chi connectivity index (χ3n) is 6.49. The molecule has 1 atom stereocenters. The van der Waals surface area contributed by atoms with Crippen molar-refractivity contribution in [3.8, 4) is 11.5 Å². The number of aryl methyl sites for hydroxylation is 1. The van der Waals surface area contributed by atoms with E-state index < -0.39 is 17.7 Å². The van der Waals surface area contributed by atoms with Crippen molar-refractivity contribution >= 4 is 39.7 Å². The second kappa shape index (κ2) is 9.48. The number of anilines is 1. The number of ether oxygens (including phenoxy) is 2. The summed E-state index contributed by atoms with van der Waals surface area (Å²) >= 11 is 1.06. The number of hydrogen-bond acceptors (Lipinski definition) is 8. The molecule has 0 radical (unpaired) electrons. The number of nitrogens with zero attached hydrogens (tertiary/aromatic N) is 2. The summed E-state index contributed by atoms with van der Waals surface area (Å²) in [5, 5.41) is 11.6. The normalized spacial score (nSPS) is 18.5. The first-order valence-electron chi connectivity index (χ1n) is 12.0. The molecule has 2 aliphatic heterocycles. The van der Waals surface area contributed by atoms with Crippen LogP contribution >= 0.6 is 11.3 Å². The van der Waals surface area contributed by atoms with Crippen LogP contribution in [-0.2, 0) is 9.59 Å². The fraction of sp³-hybridized carbons (Fsp3) is 0.286. The molecule has 5 rings (SSSR count). The maximum absolute atomic E-state index is 13.4. The molecule has 37 heavy (non-hydrogen) atoms. The Morgan fingerprint density at radius 3 is 2.38 bits per heavy atom. The first kappa shape index (κ1) is 24.7. The molecule has 0 aliphatic carbocycles. The number of fused-ring (bicyclic) bond motifs is 1. The van der Waals surface area contributed by atoms with Gasteiger partial charge < -0.3 is 14.6 Å². The number of Topliss-reactive ketones (excluding diaryl/α,β-unsaturated/α-hetero) is 2. The Labute approximate surface area is 218 Å². The molecule has 2 aliphatic rings. The Balaban J connectivity index is 1.69. The van der Waals surface area contributed by atoms with Crippen molar-refractivity contribution in [2.24, 2.45) is 0 Å². The van der Waals surface area contributed by atoms with Crippen molar-refractivity contribution in [3.63, 3.8) is 0 Å². The predicted octanol–water partition coefficient (Wildman–Crippen LogP) is 5.18. The van der Waals surface area contributed by atoms with E-state index in [0.29, 0.717) is 46.4 Å². The molecule has 9 heteroatoms. The number of aliphatic hydroxyl groups excluding tert-OH is 1. The lowest BCUT2D eigenvalue weighted by atomic mass is 9.93. The number of ketones is 2. The number of thiazole rings is 1. The second-order valence-corrected chi connectivity index (χ2v) is 10.3. The monoisotopic (exact) mass is 518 g/mol. The standard InChI is InChI=1S/C28H26N2O6S/c1-14(2)17-5-7-18(8-6-17)23-22(24(32)19-9-10-20-21(13-19)36-12-11-35-20)25(33)27(34)30(23)28-29-15(3)26(37-28)16(4)31/h5-10,13-14,23,32H,11-12H2,1-4H3/b24-22+/t23-/m1/s1. The van der Waals surface area contributed by atoms with Gasteiger partial charge in [-0.05, 0) is 42.2 Å². The van der Waals surface area contributed by atoms with Gasteiger partial charge in [0.1, 0.15) is 19.0 Å². The van der Waals surface area contributed by atoms with Gasteiger partial charge in [0.05, 0.1) is 22.2 Å². The highest BCUT2D eigenvalue weighted by molar-refractivity contribution is 7.18. The molecular formula is C28H26N2O6S. The van der Waals surface area contributed by atoms with Crippen LogP contribution in [0.5, 0.6) is 11.5 Å². The molecule has 2 aromatic carbocycles. The predicted molar refractivity (Wildman–Crippen MR) is 140 cm³/mol. The van der Waals surface area contributed by atoms with E-state index in [0.717, 1.165) is 16.9 Å². The highest BCUT2D eigenvalue weighted by atomic mass is 32.1. The van der Waals surface area contributed by atoms with Crippen LogP contribution in [0.2, 0.25) is 0 Å². The Hall–Kier alpha value is -3.98. The number of carbonyl (C=O) groups is 3. The maximum atomic E-state index is 13.4. The maximum Gasteiger partial charge on any atom is 0.301 e. The van der Waals surface area contributed by atoms with Gasteiger partial charge in [-0.3, -0.25) is 19.3 Å². The summed E-state index contributed by atoms with van der Waals surface area (Å²) in [7, 11) is 0. The van der Waals surface area contributed by atoms with E-state index in [-0.39, 0.29) is 28.2 Å². The van der Waals surface area contributed by atoms with Crippen LogP contribution < -0.4 is 14.4 Å². The summed E-state index contributed by atoms with van der Waals surface area (Å²) in [6.45, 7) is 8.06. The molecular weight excluding hydrogens is 492 g/mol. The van der Waals surface area contributed by atoms with Crippen molar-refractivity contribution in [3.05, 3.63) is 75.3 Å². The molecule has 1 aromatic heterocycles. The first-order valence-corrected chi connectivity index (χ1v) is 12.8. The number of hydrogen-bond donors (Lipinski definition) is 1. The number of rotatable bonds is 5. The van der Waals surface area contributed by atoms with Gasteiger partial charge >= 0.3 is 5.91 Å². The molecule has 0 spiro atoms. The number of carbonyl (C=O) groups excluding carboxylic acids is 3. The van der Waals surface area contributed by atoms with E-state index in [9.17, 15) is 19.5 Å². The first-order chi connectivity index (χ1) is 17.7. The van der Waals surface area contributed by atoms with E-state index >= 15 is 0 Å². The van der Waals surface area contributed by atoms with Crippen LogP contribution in [0.4, 0.5) is 5.13 Å². The SMILES string of the molecule is CC(=O)c1sc(N2C(=O)C(=O)/C(=C(/O)c3ccc4c(c3)OCCO4)[C@H]2c2ccc(C(C)C)cc2)nc1C. The third-order valence-corrected chi connectivity index (χ3v) is 7.75. The Kier molecular flexibility index (Phi) is 6.33. The Morgan fingerprint density at radius 1 is 1.08 bits per heavy atom. The highest BCUT2D eigenvalue weighted by Gasteiger charge is 2.48. The van der Waals surface area contributed by atoms with Crippen molar-refractivity contribution in [2.45, 2.75) is 39.7 Å². The minimum absolute atomic E-state index is 0.0591. The minimum Gasteiger partial charge on any atom is -0.507 e. The molecule has 190 valence electrons. The van der Waals surface area contributed by atoms with Gasteiger partial charge in [0.2, 0.25) is 0 Å². The molecule has 1 amide bonds. The highest BCUT2D eigenvalue weighted by Crippen LogP contribution is 2.45. The average Bonchev–Trinajstić information content (AvgIpc) is 3.40. The summed E-state index contributed by atoms with van der Waals surface area (Å²) in [4.78, 5) is 45.1. The third kappa shape index (κ3) is 4.29. The molecule has 1 fully saturated rings. The molecule has 8 nitrogen and oxygen atoms in total. The zero-order chi connectivity index (χ0) is 26.4. The lowest BCUT2D eigenvalue weighted by Gasteiger charge is -2.24. The molecule has 0 unspecified atom stereocenters. The molecule has 3 aromatic rings. The zero-order valence-corrected chi connectivity index (χ0v) is 21.7. The minimum atomic E-state index is -0.931. The van der Waals surface area contributed by atoms with Crippen molar-refractivity contribution in [1.82, 2.24) is 4.98 Å². The Morgan fingerprint density at radius 2 is 1.76 bits per heavy atom. The van der Waals surface area contributed by atoms with Gasteiger partial charge in [0.25, 0.3) is 5.78 Å². The quantitative estimate of drug-likeness (QED) is 0.215. The van der Waals surface area contributed by atoms with Gasteiger partial charge in [-0.1, -0.05) is 49.4 Å². The van der Waals surface area contributed by atoms with Crippen molar-refractivity contribution in [1.29, 1.82) is 0 Å². The molecule has 1 N–H and O–H groups in total. The van der Waals surface area contributed by atoms with Gasteiger partial charge in [0.15, 0.2) is 22.4 Å². The molecule has 3 heterocycles. The largest absolute Gasteiger partial charge is 0.507 e. The van der Waals surface area contributed by atoms with E-state index in [1.807, 2.05) is 24.3 Å². The molecule has 0 saturated carbocycles. The topological polar surface area (TPSA) is 106 Å². The van der Waals surface area contributed by atoms with Crippen LogP contribution in [0.15, 0.2) is 48.0 Å². The number of aliphatic hydroxyl groups is 1. The summed E-state index contributed by atoms with van der Waals surface area (Å²) in [5.74, 6) is -0.868. The van der Waals surface area contributed by atoms with E-state index in [1.165, 1.54) is 11.8 Å². The summed E-state index contributed by atoms with van der Waals surface area (Å²) in [6, 6.07) is 11.5. The van der Waals surface area contributed by atoms with Crippen LogP contribution in [0.3, 0.4) is 0 Å². The molecule has 0 bridgehead atoms.